The zero-order valence-electron chi connectivity index (χ0n) is 11.2. The van der Waals surface area contributed by atoms with Gasteiger partial charge in [0.05, 0.1) is 6.42 Å². The predicted octanol–water partition coefficient (Wildman–Crippen LogP) is -0.0500. The minimum atomic E-state index is -0.761. The molecule has 0 saturated carbocycles. The van der Waals surface area contributed by atoms with E-state index in [4.69, 9.17) is 5.73 Å². The minimum Gasteiger partial charge on any atom is -0.344 e. The van der Waals surface area contributed by atoms with Gasteiger partial charge >= 0.3 is 0 Å². The van der Waals surface area contributed by atoms with Crippen molar-refractivity contribution in [3.63, 3.8) is 0 Å². The van der Waals surface area contributed by atoms with Crippen LogP contribution in [0.15, 0.2) is 30.3 Å². The second-order valence-electron chi connectivity index (χ2n) is 4.84. The summed E-state index contributed by atoms with van der Waals surface area (Å²) >= 11 is 0. The van der Waals surface area contributed by atoms with E-state index in [1.165, 1.54) is 7.05 Å². The van der Waals surface area contributed by atoms with Crippen molar-refractivity contribution in [2.45, 2.75) is 24.9 Å². The van der Waals surface area contributed by atoms with Gasteiger partial charge in [-0.3, -0.25) is 19.3 Å². The number of imide groups is 1. The first-order valence-electron chi connectivity index (χ1n) is 6.39. The van der Waals surface area contributed by atoms with E-state index in [1.807, 2.05) is 30.3 Å². The van der Waals surface area contributed by atoms with Crippen molar-refractivity contribution < 1.29 is 14.4 Å². The fourth-order valence-corrected chi connectivity index (χ4v) is 2.14. The van der Waals surface area contributed by atoms with E-state index in [0.717, 1.165) is 10.5 Å². The van der Waals surface area contributed by atoms with Gasteiger partial charge in [-0.15, -0.1) is 0 Å². The van der Waals surface area contributed by atoms with Crippen molar-refractivity contribution in [3.05, 3.63) is 35.9 Å². The first-order valence-corrected chi connectivity index (χ1v) is 6.39. The molecule has 106 valence electrons. The lowest BCUT2D eigenvalue weighted by Gasteiger charge is -2.14. The topological polar surface area (TPSA) is 92.5 Å². The van der Waals surface area contributed by atoms with Crippen LogP contribution in [-0.2, 0) is 14.4 Å². The molecule has 20 heavy (non-hydrogen) atoms. The van der Waals surface area contributed by atoms with E-state index in [9.17, 15) is 14.4 Å². The Balaban J connectivity index is 1.90. The van der Waals surface area contributed by atoms with Gasteiger partial charge in [0.15, 0.2) is 0 Å². The number of carbonyl (C=O) groups is 3. The van der Waals surface area contributed by atoms with Crippen LogP contribution in [0.5, 0.6) is 0 Å². The molecule has 2 atom stereocenters. The molecule has 1 aliphatic rings. The SMILES string of the molecule is CN1C(=O)CC(NC(=O)CC(N)c2ccccc2)C1=O. The zero-order chi connectivity index (χ0) is 14.7. The summed E-state index contributed by atoms with van der Waals surface area (Å²) in [6, 6.07) is 8.06. The first kappa shape index (κ1) is 14.2. The third-order valence-corrected chi connectivity index (χ3v) is 3.35. The Morgan fingerprint density at radius 3 is 2.60 bits per heavy atom. The van der Waals surface area contributed by atoms with E-state index < -0.39 is 12.1 Å². The maximum absolute atomic E-state index is 11.9. The van der Waals surface area contributed by atoms with Crippen LogP contribution in [0.1, 0.15) is 24.4 Å². The van der Waals surface area contributed by atoms with Crippen molar-refractivity contribution in [2.75, 3.05) is 7.05 Å². The number of likely N-dealkylation sites (tertiary alicyclic amines) is 1. The highest BCUT2D eigenvalue weighted by Crippen LogP contribution is 2.15. The Morgan fingerprint density at radius 2 is 2.05 bits per heavy atom. The molecule has 0 spiro atoms. The van der Waals surface area contributed by atoms with Gasteiger partial charge in [0.2, 0.25) is 11.8 Å². The molecule has 0 radical (unpaired) electrons. The smallest absolute Gasteiger partial charge is 0.252 e. The predicted molar refractivity (Wildman–Crippen MR) is 72.3 cm³/mol. The Morgan fingerprint density at radius 1 is 1.40 bits per heavy atom. The minimum absolute atomic E-state index is 0.0155. The zero-order valence-corrected chi connectivity index (χ0v) is 11.2. The summed E-state index contributed by atoms with van der Waals surface area (Å²) in [6.45, 7) is 0. The second-order valence-corrected chi connectivity index (χ2v) is 4.84. The Hall–Kier alpha value is -2.21. The van der Waals surface area contributed by atoms with Gasteiger partial charge in [-0.25, -0.2) is 0 Å². The van der Waals surface area contributed by atoms with E-state index in [2.05, 4.69) is 5.32 Å². The largest absolute Gasteiger partial charge is 0.344 e. The molecular formula is C14H17N3O3. The third kappa shape index (κ3) is 3.03. The molecule has 2 unspecified atom stereocenters. The number of likely N-dealkylation sites (N-methyl/N-ethyl adjacent to an activating group) is 1. The second kappa shape index (κ2) is 5.83. The summed E-state index contributed by atoms with van der Waals surface area (Å²) < 4.78 is 0. The van der Waals surface area contributed by atoms with Gasteiger partial charge in [-0.2, -0.15) is 0 Å². The number of hydrogen-bond acceptors (Lipinski definition) is 4. The fourth-order valence-electron chi connectivity index (χ4n) is 2.14. The van der Waals surface area contributed by atoms with Crippen LogP contribution in [0.4, 0.5) is 0 Å². The van der Waals surface area contributed by atoms with Gasteiger partial charge < -0.3 is 11.1 Å². The molecule has 1 saturated heterocycles. The average molecular weight is 275 g/mol. The normalized spacial score (nSPS) is 20.1. The third-order valence-electron chi connectivity index (χ3n) is 3.35. The van der Waals surface area contributed by atoms with Gasteiger partial charge in [-0.05, 0) is 5.56 Å². The van der Waals surface area contributed by atoms with Crippen LogP contribution in [0.3, 0.4) is 0 Å². The average Bonchev–Trinajstić information content (AvgIpc) is 2.67. The Bertz CT molecular complexity index is 530. The van der Waals surface area contributed by atoms with Crippen LogP contribution >= 0.6 is 0 Å². The first-order chi connectivity index (χ1) is 9.49. The molecule has 3 N–H and O–H groups in total. The van der Waals surface area contributed by atoms with Crippen molar-refractivity contribution in [1.29, 1.82) is 0 Å². The molecule has 3 amide bonds. The highest BCUT2D eigenvalue weighted by molar-refractivity contribution is 6.06. The van der Waals surface area contributed by atoms with E-state index in [0.29, 0.717) is 0 Å². The maximum Gasteiger partial charge on any atom is 0.252 e. The summed E-state index contributed by atoms with van der Waals surface area (Å²) in [5, 5.41) is 2.56. The molecule has 1 aromatic rings. The maximum atomic E-state index is 11.9. The molecule has 0 aromatic heterocycles. The number of nitrogens with two attached hydrogens (primary N) is 1. The highest BCUT2D eigenvalue weighted by atomic mass is 16.2. The number of benzene rings is 1. The molecule has 1 aromatic carbocycles. The van der Waals surface area contributed by atoms with Gasteiger partial charge in [-0.1, -0.05) is 30.3 Å². The van der Waals surface area contributed by atoms with Crippen LogP contribution in [-0.4, -0.2) is 35.7 Å². The number of nitrogens with one attached hydrogen (secondary N) is 1. The summed E-state index contributed by atoms with van der Waals surface area (Å²) in [6.07, 6.45) is 0.0906. The monoisotopic (exact) mass is 275 g/mol. The van der Waals surface area contributed by atoms with E-state index in [-0.39, 0.29) is 30.6 Å². The standard InChI is InChI=1S/C14H17N3O3/c1-17-13(19)8-11(14(17)20)16-12(18)7-10(15)9-5-3-2-4-6-9/h2-6,10-11H,7-8,15H2,1H3,(H,16,18). The lowest BCUT2D eigenvalue weighted by atomic mass is 10.0. The molecule has 2 rings (SSSR count). The summed E-state index contributed by atoms with van der Waals surface area (Å²) in [4.78, 5) is 35.9. The van der Waals surface area contributed by atoms with Crippen molar-refractivity contribution in [1.82, 2.24) is 10.2 Å². The van der Waals surface area contributed by atoms with Crippen LogP contribution in [0, 0.1) is 0 Å². The lowest BCUT2D eigenvalue weighted by molar-refractivity contribution is -0.138. The molecule has 6 heteroatoms. The number of amides is 3. The fraction of sp³-hybridized carbons (Fsp3) is 0.357. The lowest BCUT2D eigenvalue weighted by Crippen LogP contribution is -2.41. The Kier molecular flexibility index (Phi) is 4.14. The number of hydrogen-bond donors (Lipinski definition) is 2. The van der Waals surface area contributed by atoms with Crippen molar-refractivity contribution in [2.24, 2.45) is 5.73 Å². The summed E-state index contributed by atoms with van der Waals surface area (Å²) in [5.41, 5.74) is 6.79. The molecule has 6 nitrogen and oxygen atoms in total. The molecule has 0 bridgehead atoms. The molecule has 1 fully saturated rings. The Labute approximate surface area is 116 Å². The van der Waals surface area contributed by atoms with Crippen LogP contribution in [0.25, 0.3) is 0 Å². The quantitative estimate of drug-likeness (QED) is 0.753. The number of nitrogens with zero attached hydrogens (tertiary/aromatic N) is 1. The summed E-state index contributed by atoms with van der Waals surface area (Å²) in [7, 11) is 1.41. The molecular weight excluding hydrogens is 258 g/mol. The van der Waals surface area contributed by atoms with Crippen molar-refractivity contribution in [3.8, 4) is 0 Å². The summed E-state index contributed by atoms with van der Waals surface area (Å²) in [5.74, 6) is -0.993. The van der Waals surface area contributed by atoms with Crippen molar-refractivity contribution >= 4 is 17.7 Å². The number of rotatable bonds is 4. The van der Waals surface area contributed by atoms with Crippen LogP contribution in [0.2, 0.25) is 0 Å². The van der Waals surface area contributed by atoms with Gasteiger partial charge in [0, 0.05) is 19.5 Å². The molecule has 1 aliphatic heterocycles. The van der Waals surface area contributed by atoms with Gasteiger partial charge in [0.1, 0.15) is 6.04 Å². The molecule has 1 heterocycles. The van der Waals surface area contributed by atoms with E-state index >= 15 is 0 Å². The van der Waals surface area contributed by atoms with Gasteiger partial charge in [0.25, 0.3) is 5.91 Å². The van der Waals surface area contributed by atoms with Crippen LogP contribution < -0.4 is 11.1 Å². The molecule has 0 aliphatic carbocycles. The number of carbonyl (C=O) groups excluding carboxylic acids is 3. The van der Waals surface area contributed by atoms with E-state index in [1.54, 1.807) is 0 Å². The highest BCUT2D eigenvalue weighted by Gasteiger charge is 2.36.